The van der Waals surface area contributed by atoms with Crippen LogP contribution < -0.4 is 5.32 Å². The van der Waals surface area contributed by atoms with Crippen LogP contribution >= 0.6 is 11.6 Å². The summed E-state index contributed by atoms with van der Waals surface area (Å²) in [7, 11) is 1.58. The van der Waals surface area contributed by atoms with Crippen LogP contribution in [0.5, 0.6) is 0 Å². The Balaban J connectivity index is 2.21. The molecule has 0 radical (unpaired) electrons. The van der Waals surface area contributed by atoms with Gasteiger partial charge in [0, 0.05) is 18.8 Å². The van der Waals surface area contributed by atoms with Crippen molar-refractivity contribution in [2.24, 2.45) is 0 Å². The topological polar surface area (TPSA) is 46.4 Å². The predicted octanol–water partition coefficient (Wildman–Crippen LogP) is 3.08. The minimum atomic E-state index is -0.316. The molecule has 1 aromatic carbocycles. The summed E-state index contributed by atoms with van der Waals surface area (Å²) in [5.41, 5.74) is 2.79. The number of likely N-dealkylation sites (N-methyl/N-ethyl adjacent to an activating group) is 1. The highest BCUT2D eigenvalue weighted by Gasteiger charge is 2.16. The fraction of sp³-hybridized carbons (Fsp3) is 0.125. The van der Waals surface area contributed by atoms with Gasteiger partial charge in [-0.2, -0.15) is 0 Å². The Bertz CT molecular complexity index is 842. The van der Waals surface area contributed by atoms with Gasteiger partial charge in [0.1, 0.15) is 11.5 Å². The Morgan fingerprint density at radius 1 is 1.27 bits per heavy atom. The summed E-state index contributed by atoms with van der Waals surface area (Å²) in [4.78, 5) is 16.3. The zero-order valence-corrected chi connectivity index (χ0v) is 12.6. The lowest BCUT2D eigenvalue weighted by molar-refractivity contribution is -0.120. The molecule has 3 aromatic rings. The van der Waals surface area contributed by atoms with Crippen molar-refractivity contribution in [1.82, 2.24) is 14.7 Å². The maximum atomic E-state index is 13.1. The van der Waals surface area contributed by atoms with Gasteiger partial charge in [-0.1, -0.05) is 11.6 Å². The summed E-state index contributed by atoms with van der Waals surface area (Å²) in [6.45, 7) is 0. The maximum Gasteiger partial charge on any atom is 0.225 e. The number of carbonyl (C=O) groups is 1. The Labute approximate surface area is 131 Å². The van der Waals surface area contributed by atoms with Crippen LogP contribution in [-0.2, 0) is 11.2 Å². The highest BCUT2D eigenvalue weighted by molar-refractivity contribution is 6.30. The van der Waals surface area contributed by atoms with E-state index in [1.165, 1.54) is 12.1 Å². The van der Waals surface area contributed by atoms with Gasteiger partial charge < -0.3 is 9.72 Å². The molecule has 0 aliphatic rings. The molecule has 0 aliphatic heterocycles. The highest BCUT2D eigenvalue weighted by Crippen LogP contribution is 2.26. The number of hydrogen-bond acceptors (Lipinski definition) is 2. The average molecular weight is 318 g/mol. The van der Waals surface area contributed by atoms with Crippen LogP contribution in [0.2, 0.25) is 5.02 Å². The quantitative estimate of drug-likeness (QED) is 0.807. The fourth-order valence-corrected chi connectivity index (χ4v) is 2.48. The first kappa shape index (κ1) is 14.5. The summed E-state index contributed by atoms with van der Waals surface area (Å²) in [6.07, 6.45) is 1.87. The highest BCUT2D eigenvalue weighted by atomic mass is 35.5. The molecular weight excluding hydrogens is 305 g/mol. The van der Waals surface area contributed by atoms with Gasteiger partial charge in [0.05, 0.1) is 22.8 Å². The average Bonchev–Trinajstić information content (AvgIpc) is 2.86. The smallest absolute Gasteiger partial charge is 0.225 e. The van der Waals surface area contributed by atoms with E-state index in [-0.39, 0.29) is 18.1 Å². The van der Waals surface area contributed by atoms with Gasteiger partial charge in [0.2, 0.25) is 5.91 Å². The summed E-state index contributed by atoms with van der Waals surface area (Å²) >= 11 is 6.04. The van der Waals surface area contributed by atoms with E-state index >= 15 is 0 Å². The molecule has 0 atom stereocenters. The summed E-state index contributed by atoms with van der Waals surface area (Å²) in [6, 6.07) is 9.55. The largest absolute Gasteiger partial charge is 0.359 e. The molecule has 3 rings (SSSR count). The number of nitrogens with one attached hydrogen (secondary N) is 1. The molecule has 2 heterocycles. The molecule has 4 nitrogen and oxygen atoms in total. The molecule has 0 unspecified atom stereocenters. The number of nitrogens with zero attached hydrogens (tertiary/aromatic N) is 2. The molecule has 0 aliphatic carbocycles. The summed E-state index contributed by atoms with van der Waals surface area (Å²) in [5.74, 6) is -0.450. The first-order chi connectivity index (χ1) is 10.6. The first-order valence-electron chi connectivity index (χ1n) is 6.71. The van der Waals surface area contributed by atoms with Crippen molar-refractivity contribution in [1.29, 1.82) is 0 Å². The Hall–Kier alpha value is -2.40. The Morgan fingerprint density at radius 2 is 2.00 bits per heavy atom. The van der Waals surface area contributed by atoms with Crippen molar-refractivity contribution >= 4 is 23.2 Å². The lowest BCUT2D eigenvalue weighted by Gasteiger charge is -2.05. The van der Waals surface area contributed by atoms with Gasteiger partial charge in [-0.3, -0.25) is 4.79 Å². The fourth-order valence-electron chi connectivity index (χ4n) is 2.32. The molecule has 2 aromatic heterocycles. The van der Waals surface area contributed by atoms with Crippen molar-refractivity contribution in [2.75, 3.05) is 7.05 Å². The molecule has 112 valence electrons. The van der Waals surface area contributed by atoms with E-state index in [2.05, 4.69) is 10.3 Å². The monoisotopic (exact) mass is 317 g/mol. The number of rotatable bonds is 3. The molecule has 0 spiro atoms. The molecule has 0 fully saturated rings. The molecule has 1 N–H and O–H groups in total. The third-order valence-electron chi connectivity index (χ3n) is 3.41. The van der Waals surface area contributed by atoms with Crippen LogP contribution in [0.15, 0.2) is 42.6 Å². The van der Waals surface area contributed by atoms with E-state index < -0.39 is 0 Å². The number of pyridine rings is 1. The molecule has 6 heteroatoms. The van der Waals surface area contributed by atoms with E-state index in [4.69, 9.17) is 11.6 Å². The number of hydrogen-bond donors (Lipinski definition) is 1. The summed E-state index contributed by atoms with van der Waals surface area (Å²) < 4.78 is 14.9. The first-order valence-corrected chi connectivity index (χ1v) is 7.09. The van der Waals surface area contributed by atoms with Gasteiger partial charge in [0.25, 0.3) is 0 Å². The van der Waals surface area contributed by atoms with Crippen LogP contribution in [0, 0.1) is 5.82 Å². The zero-order chi connectivity index (χ0) is 15.7. The van der Waals surface area contributed by atoms with Crippen LogP contribution in [0.3, 0.4) is 0 Å². The van der Waals surface area contributed by atoms with Crippen molar-refractivity contribution in [3.8, 4) is 11.3 Å². The normalized spacial score (nSPS) is 10.9. The zero-order valence-electron chi connectivity index (χ0n) is 11.8. The van der Waals surface area contributed by atoms with E-state index in [0.717, 1.165) is 5.56 Å². The Morgan fingerprint density at radius 3 is 2.68 bits per heavy atom. The van der Waals surface area contributed by atoms with Crippen LogP contribution in [0.4, 0.5) is 4.39 Å². The van der Waals surface area contributed by atoms with Crippen molar-refractivity contribution < 1.29 is 9.18 Å². The second kappa shape index (κ2) is 5.77. The van der Waals surface area contributed by atoms with Crippen molar-refractivity contribution in [3.63, 3.8) is 0 Å². The van der Waals surface area contributed by atoms with Gasteiger partial charge in [0.15, 0.2) is 0 Å². The third kappa shape index (κ3) is 2.67. The molecule has 0 saturated carbocycles. The van der Waals surface area contributed by atoms with Crippen molar-refractivity contribution in [3.05, 3.63) is 59.1 Å². The van der Waals surface area contributed by atoms with E-state index in [1.807, 2.05) is 0 Å². The number of imidazole rings is 1. The second-order valence-electron chi connectivity index (χ2n) is 4.84. The maximum absolute atomic E-state index is 13.1. The molecule has 0 bridgehead atoms. The van der Waals surface area contributed by atoms with Crippen molar-refractivity contribution in [2.45, 2.75) is 6.42 Å². The second-order valence-corrected chi connectivity index (χ2v) is 5.28. The Kier molecular flexibility index (Phi) is 3.81. The number of aromatic nitrogens is 2. The van der Waals surface area contributed by atoms with E-state index in [9.17, 15) is 9.18 Å². The van der Waals surface area contributed by atoms with Gasteiger partial charge in [-0.25, -0.2) is 9.37 Å². The summed E-state index contributed by atoms with van der Waals surface area (Å²) in [5, 5.41) is 3.15. The van der Waals surface area contributed by atoms with Gasteiger partial charge in [-0.15, -0.1) is 0 Å². The van der Waals surface area contributed by atoms with Crippen LogP contribution in [0.25, 0.3) is 16.9 Å². The molecule has 0 saturated heterocycles. The minimum absolute atomic E-state index is 0.134. The third-order valence-corrected chi connectivity index (χ3v) is 3.63. The molecular formula is C16H13ClFN3O. The van der Waals surface area contributed by atoms with Gasteiger partial charge in [-0.05, 0) is 36.4 Å². The number of halogens is 2. The number of amides is 1. The molecule has 1 amide bonds. The minimum Gasteiger partial charge on any atom is -0.359 e. The predicted molar refractivity (Wildman–Crippen MR) is 83.4 cm³/mol. The molecule has 22 heavy (non-hydrogen) atoms. The van der Waals surface area contributed by atoms with E-state index in [1.54, 1.807) is 41.9 Å². The van der Waals surface area contributed by atoms with Crippen LogP contribution in [0.1, 0.15) is 5.69 Å². The lowest BCUT2D eigenvalue weighted by Crippen LogP contribution is -2.21. The van der Waals surface area contributed by atoms with E-state index in [0.29, 0.717) is 22.1 Å². The van der Waals surface area contributed by atoms with Gasteiger partial charge >= 0.3 is 0 Å². The van der Waals surface area contributed by atoms with Crippen LogP contribution in [-0.4, -0.2) is 22.3 Å². The lowest BCUT2D eigenvalue weighted by atomic mass is 10.1. The SMILES string of the molecule is CNC(=O)Cc1c(-c2ccc(F)cc2)nc2ccc(Cl)cn12. The number of benzene rings is 1. The standard InChI is InChI=1S/C16H13ClFN3O/c1-19-15(22)8-13-16(10-2-5-12(18)6-3-10)20-14-7-4-11(17)9-21(13)14/h2-7,9H,8H2,1H3,(H,19,22). The number of carbonyl (C=O) groups excluding carboxylic acids is 1. The number of fused-ring (bicyclic) bond motifs is 1.